The molecule has 0 saturated heterocycles. The van der Waals surface area contributed by atoms with Crippen LogP contribution in [0.25, 0.3) is 0 Å². The Morgan fingerprint density at radius 3 is 2.78 bits per heavy atom. The van der Waals surface area contributed by atoms with E-state index in [2.05, 4.69) is 4.98 Å². The lowest BCUT2D eigenvalue weighted by Gasteiger charge is -2.14. The fourth-order valence-corrected chi connectivity index (χ4v) is 2.14. The van der Waals surface area contributed by atoms with Gasteiger partial charge in [0, 0.05) is 30.1 Å². The van der Waals surface area contributed by atoms with E-state index >= 15 is 0 Å². The standard InChI is InChI=1S/C13H12Cl2N2O/c14-10-3-1-2-9(13(10)15)12(18)6-8-7-17-5-4-11(8)16/h1-5,7,12,18H,6H2,(H2,16,17). The maximum atomic E-state index is 10.2. The van der Waals surface area contributed by atoms with Crippen LogP contribution in [0.2, 0.25) is 10.0 Å². The number of nitrogen functional groups attached to an aromatic ring is 1. The van der Waals surface area contributed by atoms with Gasteiger partial charge in [-0.2, -0.15) is 0 Å². The van der Waals surface area contributed by atoms with E-state index in [0.717, 1.165) is 5.56 Å². The Bertz CT molecular complexity index is 560. The molecule has 0 aliphatic rings. The number of aliphatic hydroxyl groups excluding tert-OH is 1. The van der Waals surface area contributed by atoms with Crippen molar-refractivity contribution in [3.05, 3.63) is 57.8 Å². The molecule has 2 aromatic rings. The summed E-state index contributed by atoms with van der Waals surface area (Å²) in [6.45, 7) is 0. The van der Waals surface area contributed by atoms with Gasteiger partial charge < -0.3 is 10.8 Å². The van der Waals surface area contributed by atoms with E-state index < -0.39 is 6.10 Å². The SMILES string of the molecule is Nc1ccncc1CC(O)c1cccc(Cl)c1Cl. The van der Waals surface area contributed by atoms with Crippen LogP contribution in [-0.2, 0) is 6.42 Å². The summed E-state index contributed by atoms with van der Waals surface area (Å²) in [6, 6.07) is 6.87. The summed E-state index contributed by atoms with van der Waals surface area (Å²) >= 11 is 12.0. The molecular formula is C13H12Cl2N2O. The molecule has 0 fully saturated rings. The molecule has 0 spiro atoms. The van der Waals surface area contributed by atoms with Gasteiger partial charge in [0.05, 0.1) is 16.1 Å². The molecule has 0 bridgehead atoms. The van der Waals surface area contributed by atoms with Gasteiger partial charge >= 0.3 is 0 Å². The molecule has 1 aromatic carbocycles. The third-order valence-electron chi connectivity index (χ3n) is 2.70. The fraction of sp³-hybridized carbons (Fsp3) is 0.154. The number of pyridine rings is 1. The van der Waals surface area contributed by atoms with Crippen LogP contribution in [0.1, 0.15) is 17.2 Å². The predicted molar refractivity (Wildman–Crippen MR) is 73.8 cm³/mol. The average molecular weight is 283 g/mol. The molecule has 18 heavy (non-hydrogen) atoms. The van der Waals surface area contributed by atoms with Crippen molar-refractivity contribution in [2.75, 3.05) is 5.73 Å². The first kappa shape index (κ1) is 13.1. The number of benzene rings is 1. The van der Waals surface area contributed by atoms with Crippen molar-refractivity contribution in [3.8, 4) is 0 Å². The molecular weight excluding hydrogens is 271 g/mol. The zero-order valence-corrected chi connectivity index (χ0v) is 11.0. The number of hydrogen-bond acceptors (Lipinski definition) is 3. The summed E-state index contributed by atoms with van der Waals surface area (Å²) in [6.07, 6.45) is 2.83. The Balaban J connectivity index is 2.25. The monoisotopic (exact) mass is 282 g/mol. The normalized spacial score (nSPS) is 12.4. The highest BCUT2D eigenvalue weighted by molar-refractivity contribution is 6.42. The maximum absolute atomic E-state index is 10.2. The summed E-state index contributed by atoms with van der Waals surface area (Å²) in [5, 5.41) is 11.0. The summed E-state index contributed by atoms with van der Waals surface area (Å²) in [4.78, 5) is 3.98. The van der Waals surface area contributed by atoms with Crippen LogP contribution in [0.3, 0.4) is 0 Å². The Labute approximate surface area is 115 Å². The van der Waals surface area contributed by atoms with Crippen LogP contribution in [0.4, 0.5) is 5.69 Å². The lowest BCUT2D eigenvalue weighted by Crippen LogP contribution is -2.05. The summed E-state index contributed by atoms with van der Waals surface area (Å²) in [5.41, 5.74) is 7.77. The molecule has 0 radical (unpaired) electrons. The molecule has 3 nitrogen and oxygen atoms in total. The van der Waals surface area contributed by atoms with Crippen LogP contribution >= 0.6 is 23.2 Å². The lowest BCUT2D eigenvalue weighted by molar-refractivity contribution is 0.178. The van der Waals surface area contributed by atoms with Crippen LogP contribution in [-0.4, -0.2) is 10.1 Å². The van der Waals surface area contributed by atoms with Gasteiger partial charge in [0.2, 0.25) is 0 Å². The highest BCUT2D eigenvalue weighted by Crippen LogP contribution is 2.31. The summed E-state index contributed by atoms with van der Waals surface area (Å²) in [5.74, 6) is 0. The van der Waals surface area contributed by atoms with Crippen molar-refractivity contribution in [3.63, 3.8) is 0 Å². The van der Waals surface area contributed by atoms with Gasteiger partial charge in [-0.3, -0.25) is 4.98 Å². The summed E-state index contributed by atoms with van der Waals surface area (Å²) in [7, 11) is 0. The molecule has 2 rings (SSSR count). The first-order chi connectivity index (χ1) is 8.59. The van der Waals surface area contributed by atoms with Crippen molar-refractivity contribution in [1.29, 1.82) is 0 Å². The van der Waals surface area contributed by atoms with Crippen molar-refractivity contribution in [2.45, 2.75) is 12.5 Å². The van der Waals surface area contributed by atoms with Crippen LogP contribution in [0, 0.1) is 0 Å². The maximum Gasteiger partial charge on any atom is 0.0846 e. The van der Waals surface area contributed by atoms with Crippen molar-refractivity contribution >= 4 is 28.9 Å². The molecule has 0 saturated carbocycles. The first-order valence-corrected chi connectivity index (χ1v) is 6.15. The van der Waals surface area contributed by atoms with Crippen LogP contribution < -0.4 is 5.73 Å². The van der Waals surface area contributed by atoms with E-state index in [0.29, 0.717) is 27.7 Å². The summed E-state index contributed by atoms with van der Waals surface area (Å²) < 4.78 is 0. The topological polar surface area (TPSA) is 59.1 Å². The molecule has 1 aromatic heterocycles. The number of rotatable bonds is 3. The smallest absolute Gasteiger partial charge is 0.0846 e. The first-order valence-electron chi connectivity index (χ1n) is 5.40. The zero-order chi connectivity index (χ0) is 13.1. The average Bonchev–Trinajstić information content (AvgIpc) is 2.35. The fourth-order valence-electron chi connectivity index (χ4n) is 1.70. The highest BCUT2D eigenvalue weighted by atomic mass is 35.5. The van der Waals surface area contributed by atoms with Gasteiger partial charge in [0.15, 0.2) is 0 Å². The second-order valence-corrected chi connectivity index (χ2v) is 4.72. The molecule has 94 valence electrons. The van der Waals surface area contributed by atoms with E-state index in [1.807, 2.05) is 0 Å². The van der Waals surface area contributed by atoms with E-state index in [-0.39, 0.29) is 0 Å². The van der Waals surface area contributed by atoms with Crippen LogP contribution in [0.5, 0.6) is 0 Å². The highest BCUT2D eigenvalue weighted by Gasteiger charge is 2.15. The third-order valence-corrected chi connectivity index (χ3v) is 3.53. The minimum atomic E-state index is -0.761. The van der Waals surface area contributed by atoms with Crippen molar-refractivity contribution in [2.24, 2.45) is 0 Å². The minimum absolute atomic E-state index is 0.347. The van der Waals surface area contributed by atoms with Gasteiger partial charge in [-0.05, 0) is 17.7 Å². The lowest BCUT2D eigenvalue weighted by atomic mass is 10.0. The van der Waals surface area contributed by atoms with E-state index in [4.69, 9.17) is 28.9 Å². The number of halogens is 2. The molecule has 1 heterocycles. The number of nitrogens with two attached hydrogens (primary N) is 1. The molecule has 0 aliphatic carbocycles. The number of aliphatic hydroxyl groups is 1. The Kier molecular flexibility index (Phi) is 4.07. The largest absolute Gasteiger partial charge is 0.398 e. The molecule has 1 unspecified atom stereocenters. The third kappa shape index (κ3) is 2.75. The number of hydrogen-bond donors (Lipinski definition) is 2. The van der Waals surface area contributed by atoms with Crippen molar-refractivity contribution < 1.29 is 5.11 Å². The van der Waals surface area contributed by atoms with Gasteiger partial charge in [-0.1, -0.05) is 35.3 Å². The Morgan fingerprint density at radius 1 is 1.28 bits per heavy atom. The predicted octanol–water partition coefficient (Wildman–Crippen LogP) is 3.25. The van der Waals surface area contributed by atoms with Gasteiger partial charge in [-0.25, -0.2) is 0 Å². The number of nitrogens with zero attached hydrogens (tertiary/aromatic N) is 1. The van der Waals surface area contributed by atoms with Crippen molar-refractivity contribution in [1.82, 2.24) is 4.98 Å². The second kappa shape index (κ2) is 5.57. The molecule has 1 atom stereocenters. The van der Waals surface area contributed by atoms with E-state index in [1.165, 1.54) is 0 Å². The van der Waals surface area contributed by atoms with Crippen LogP contribution in [0.15, 0.2) is 36.7 Å². The molecule has 5 heteroatoms. The molecule has 0 amide bonds. The number of anilines is 1. The second-order valence-electron chi connectivity index (χ2n) is 3.94. The van der Waals surface area contributed by atoms with Gasteiger partial charge in [-0.15, -0.1) is 0 Å². The number of aromatic nitrogens is 1. The zero-order valence-electron chi connectivity index (χ0n) is 9.48. The Hall–Kier alpha value is -1.29. The Morgan fingerprint density at radius 2 is 2.06 bits per heavy atom. The quantitative estimate of drug-likeness (QED) is 0.909. The van der Waals surface area contributed by atoms with Gasteiger partial charge in [0.25, 0.3) is 0 Å². The minimum Gasteiger partial charge on any atom is -0.398 e. The molecule has 3 N–H and O–H groups in total. The van der Waals surface area contributed by atoms with Gasteiger partial charge in [0.1, 0.15) is 0 Å². The molecule has 0 aliphatic heterocycles. The van der Waals surface area contributed by atoms with E-state index in [9.17, 15) is 5.11 Å². The van der Waals surface area contributed by atoms with E-state index in [1.54, 1.807) is 36.7 Å².